The van der Waals surface area contributed by atoms with Gasteiger partial charge in [0.25, 0.3) is 0 Å². The van der Waals surface area contributed by atoms with Gasteiger partial charge in [0.05, 0.1) is 12.9 Å². The zero-order valence-electron chi connectivity index (χ0n) is 22.8. The molecule has 1 N–H and O–H groups in total. The molecule has 0 radical (unpaired) electrons. The summed E-state index contributed by atoms with van der Waals surface area (Å²) < 4.78 is 37.0. The molecule has 0 spiro atoms. The Morgan fingerprint density at radius 3 is 2.55 bits per heavy atom. The number of nitrogens with zero attached hydrogens (tertiary/aromatic N) is 3. The quantitative estimate of drug-likeness (QED) is 0.407. The van der Waals surface area contributed by atoms with Gasteiger partial charge in [0.2, 0.25) is 10.0 Å². The number of esters is 1. The SMILES string of the molecule is COCCN(C[C@H]1C[C@@H]1C)c1cc(COC(=O)C2NCCCC2c2ccccc2)cc(N(C)S(C)(=O)=O)n1. The summed E-state index contributed by atoms with van der Waals surface area (Å²) in [4.78, 5) is 20.1. The highest BCUT2D eigenvalue weighted by Crippen LogP contribution is 2.39. The van der Waals surface area contributed by atoms with E-state index in [1.165, 1.54) is 7.05 Å². The highest BCUT2D eigenvalue weighted by atomic mass is 32.2. The summed E-state index contributed by atoms with van der Waals surface area (Å²) in [5.74, 6) is 1.90. The molecule has 38 heavy (non-hydrogen) atoms. The van der Waals surface area contributed by atoms with Crippen LogP contribution in [0.5, 0.6) is 0 Å². The Balaban J connectivity index is 1.56. The molecule has 9 nitrogen and oxygen atoms in total. The topological polar surface area (TPSA) is 101 Å². The lowest BCUT2D eigenvalue weighted by molar-refractivity contribution is -0.148. The molecule has 0 amide bonds. The van der Waals surface area contributed by atoms with Crippen molar-refractivity contribution in [2.75, 3.05) is 55.9 Å². The second-order valence-electron chi connectivity index (χ2n) is 10.5. The van der Waals surface area contributed by atoms with E-state index < -0.39 is 16.1 Å². The maximum atomic E-state index is 13.2. The molecule has 4 rings (SSSR count). The van der Waals surface area contributed by atoms with Crippen LogP contribution in [0.25, 0.3) is 0 Å². The zero-order chi connectivity index (χ0) is 27.3. The van der Waals surface area contributed by atoms with E-state index in [2.05, 4.69) is 29.3 Å². The maximum absolute atomic E-state index is 13.2. The summed E-state index contributed by atoms with van der Waals surface area (Å²) in [6, 6.07) is 13.2. The lowest BCUT2D eigenvalue weighted by Crippen LogP contribution is -2.46. The molecule has 2 unspecified atom stereocenters. The zero-order valence-corrected chi connectivity index (χ0v) is 23.6. The number of aromatic nitrogens is 1. The van der Waals surface area contributed by atoms with Crippen molar-refractivity contribution in [2.24, 2.45) is 11.8 Å². The molecular weight excluding hydrogens is 504 g/mol. The van der Waals surface area contributed by atoms with Crippen LogP contribution in [0, 0.1) is 11.8 Å². The molecule has 1 aliphatic carbocycles. The molecule has 1 saturated carbocycles. The molecule has 0 bridgehead atoms. The van der Waals surface area contributed by atoms with Gasteiger partial charge in [0, 0.05) is 33.2 Å². The molecular formula is C28H40N4O5S. The lowest BCUT2D eigenvalue weighted by atomic mass is 9.85. The van der Waals surface area contributed by atoms with E-state index in [0.29, 0.717) is 42.2 Å². The molecule has 1 saturated heterocycles. The summed E-state index contributed by atoms with van der Waals surface area (Å²) in [5.41, 5.74) is 1.81. The first-order chi connectivity index (χ1) is 18.2. The predicted molar refractivity (Wildman–Crippen MR) is 149 cm³/mol. The average molecular weight is 545 g/mol. The Morgan fingerprint density at radius 2 is 1.89 bits per heavy atom. The Labute approximate surface area is 226 Å². The van der Waals surface area contributed by atoms with Gasteiger partial charge in [-0.15, -0.1) is 0 Å². The van der Waals surface area contributed by atoms with E-state index >= 15 is 0 Å². The molecule has 1 aromatic carbocycles. The fourth-order valence-electron chi connectivity index (χ4n) is 5.01. The predicted octanol–water partition coefficient (Wildman–Crippen LogP) is 3.17. The van der Waals surface area contributed by atoms with Gasteiger partial charge in [-0.1, -0.05) is 37.3 Å². The second-order valence-corrected chi connectivity index (χ2v) is 12.5. The number of anilines is 2. The summed E-state index contributed by atoms with van der Waals surface area (Å²) in [6.07, 6.45) is 4.21. The molecule has 1 aliphatic heterocycles. The Kier molecular flexibility index (Phi) is 9.27. The number of methoxy groups -OCH3 is 1. The van der Waals surface area contributed by atoms with Gasteiger partial charge in [0.15, 0.2) is 0 Å². The number of hydrogen-bond donors (Lipinski definition) is 1. The normalized spacial score (nSPS) is 23.1. The van der Waals surface area contributed by atoms with E-state index in [1.807, 2.05) is 24.3 Å². The van der Waals surface area contributed by atoms with Crippen molar-refractivity contribution in [3.63, 3.8) is 0 Å². The standard InChI is InChI=1S/C28H40N4O5S/c1-20-15-23(20)18-32(13-14-36-3)26-17-21(16-25(30-26)31(2)38(4,34)35)19-37-28(33)27-24(11-8-12-29-27)22-9-6-5-7-10-22/h5-7,9-10,16-17,20,23-24,27,29H,8,11-15,18-19H2,1-4H3/t20-,23+,24?,27?/m0/s1. The summed E-state index contributed by atoms with van der Waals surface area (Å²) in [5, 5.41) is 3.34. The number of carbonyl (C=O) groups is 1. The molecule has 1 aromatic heterocycles. The van der Waals surface area contributed by atoms with Crippen LogP contribution in [0.2, 0.25) is 0 Å². The molecule has 208 valence electrons. The van der Waals surface area contributed by atoms with Gasteiger partial charge in [0.1, 0.15) is 24.3 Å². The average Bonchev–Trinajstić information content (AvgIpc) is 3.63. The molecule has 2 heterocycles. The first kappa shape index (κ1) is 28.3. The molecule has 10 heteroatoms. The van der Waals surface area contributed by atoms with Crippen LogP contribution >= 0.6 is 0 Å². The van der Waals surface area contributed by atoms with Gasteiger partial charge in [-0.2, -0.15) is 0 Å². The Bertz CT molecular complexity index is 1190. The first-order valence-corrected chi connectivity index (χ1v) is 15.2. The maximum Gasteiger partial charge on any atom is 0.324 e. The molecule has 2 aliphatic rings. The Hall–Kier alpha value is -2.69. The fraction of sp³-hybridized carbons (Fsp3) is 0.571. The van der Waals surface area contributed by atoms with Gasteiger partial charge in [-0.25, -0.2) is 13.4 Å². The second kappa shape index (κ2) is 12.4. The number of nitrogens with one attached hydrogen (secondary N) is 1. The van der Waals surface area contributed by atoms with Crippen LogP contribution in [-0.4, -0.2) is 72.1 Å². The summed E-state index contributed by atoms with van der Waals surface area (Å²) in [6.45, 7) is 4.98. The van der Waals surface area contributed by atoms with Gasteiger partial charge in [-0.3, -0.25) is 9.10 Å². The van der Waals surface area contributed by atoms with Crippen molar-refractivity contribution in [3.05, 3.63) is 53.6 Å². The highest BCUT2D eigenvalue weighted by molar-refractivity contribution is 7.92. The van der Waals surface area contributed by atoms with Crippen molar-refractivity contribution in [3.8, 4) is 0 Å². The van der Waals surface area contributed by atoms with E-state index in [-0.39, 0.29) is 18.5 Å². The minimum Gasteiger partial charge on any atom is -0.460 e. The van der Waals surface area contributed by atoms with Crippen LogP contribution in [0.4, 0.5) is 11.6 Å². The van der Waals surface area contributed by atoms with E-state index in [1.54, 1.807) is 13.2 Å². The number of carbonyl (C=O) groups excluding carboxylic acids is 1. The smallest absolute Gasteiger partial charge is 0.324 e. The Morgan fingerprint density at radius 1 is 1.18 bits per heavy atom. The van der Waals surface area contributed by atoms with Crippen LogP contribution < -0.4 is 14.5 Å². The minimum atomic E-state index is -3.53. The van der Waals surface area contributed by atoms with Crippen LogP contribution in [0.15, 0.2) is 42.5 Å². The van der Waals surface area contributed by atoms with Crippen molar-refractivity contribution < 1.29 is 22.7 Å². The van der Waals surface area contributed by atoms with E-state index in [0.717, 1.165) is 48.5 Å². The number of pyridine rings is 1. The number of piperidine rings is 1. The third kappa shape index (κ3) is 7.24. The highest BCUT2D eigenvalue weighted by Gasteiger charge is 2.35. The summed E-state index contributed by atoms with van der Waals surface area (Å²) in [7, 11) is -0.387. The molecule has 2 fully saturated rings. The largest absolute Gasteiger partial charge is 0.460 e. The molecule has 4 atom stereocenters. The van der Waals surface area contributed by atoms with Gasteiger partial charge >= 0.3 is 5.97 Å². The monoisotopic (exact) mass is 544 g/mol. The van der Waals surface area contributed by atoms with E-state index in [9.17, 15) is 13.2 Å². The minimum absolute atomic E-state index is 0.0244. The van der Waals surface area contributed by atoms with E-state index in [4.69, 9.17) is 14.5 Å². The summed E-state index contributed by atoms with van der Waals surface area (Å²) >= 11 is 0. The number of hydrogen-bond acceptors (Lipinski definition) is 8. The third-order valence-corrected chi connectivity index (χ3v) is 8.80. The third-order valence-electron chi connectivity index (χ3n) is 7.62. The van der Waals surface area contributed by atoms with Crippen LogP contribution in [-0.2, 0) is 30.9 Å². The first-order valence-electron chi connectivity index (χ1n) is 13.3. The fourth-order valence-corrected chi connectivity index (χ4v) is 5.44. The van der Waals surface area contributed by atoms with Crippen LogP contribution in [0.3, 0.4) is 0 Å². The van der Waals surface area contributed by atoms with Crippen molar-refractivity contribution in [1.29, 1.82) is 0 Å². The van der Waals surface area contributed by atoms with Crippen molar-refractivity contribution in [1.82, 2.24) is 10.3 Å². The molecule has 2 aromatic rings. The number of rotatable bonds is 12. The number of benzene rings is 1. The van der Waals surface area contributed by atoms with Crippen LogP contribution in [0.1, 0.15) is 43.2 Å². The van der Waals surface area contributed by atoms with Gasteiger partial charge < -0.3 is 19.7 Å². The lowest BCUT2D eigenvalue weighted by Gasteiger charge is -2.31. The van der Waals surface area contributed by atoms with Gasteiger partial charge in [-0.05, 0) is 60.9 Å². The number of sulfonamides is 1. The van der Waals surface area contributed by atoms with Crippen molar-refractivity contribution in [2.45, 2.75) is 44.8 Å². The van der Waals surface area contributed by atoms with Crippen molar-refractivity contribution >= 4 is 27.6 Å². The number of ether oxygens (including phenoxy) is 2.